The van der Waals surface area contributed by atoms with Gasteiger partial charge in [-0.25, -0.2) is 5.06 Å². The molecule has 1 saturated heterocycles. The molecule has 0 aliphatic carbocycles. The molecule has 3 rings (SSSR count). The van der Waals surface area contributed by atoms with E-state index < -0.39 is 4.92 Å². The van der Waals surface area contributed by atoms with Crippen molar-refractivity contribution in [2.45, 2.75) is 18.9 Å². The lowest BCUT2D eigenvalue weighted by Gasteiger charge is -2.29. The third-order valence-corrected chi connectivity index (χ3v) is 3.90. The smallest absolute Gasteiger partial charge is 0.277 e. The van der Waals surface area contributed by atoms with Gasteiger partial charge in [0, 0.05) is 18.7 Å². The molecule has 1 aliphatic rings. The number of carbonyl (C=O) groups excluding carboxylic acids is 1. The molecular formula is C14H13N3O5. The van der Waals surface area contributed by atoms with Gasteiger partial charge in [0.05, 0.1) is 28.3 Å². The van der Waals surface area contributed by atoms with E-state index >= 15 is 0 Å². The second-order valence-electron chi connectivity index (χ2n) is 5.19. The van der Waals surface area contributed by atoms with E-state index in [1.54, 1.807) is 0 Å². The summed E-state index contributed by atoms with van der Waals surface area (Å²) in [5.74, 6) is -0.374. The Balaban J connectivity index is 2.10. The lowest BCUT2D eigenvalue weighted by Crippen LogP contribution is -2.41. The molecule has 0 radical (unpaired) electrons. The second-order valence-corrected chi connectivity index (χ2v) is 5.19. The van der Waals surface area contributed by atoms with E-state index in [0.717, 1.165) is 0 Å². The van der Waals surface area contributed by atoms with E-state index in [4.69, 9.17) is 0 Å². The molecule has 2 aromatic rings. The van der Waals surface area contributed by atoms with Crippen LogP contribution in [0.25, 0.3) is 10.8 Å². The second kappa shape index (κ2) is 5.23. The Morgan fingerprint density at radius 1 is 1.23 bits per heavy atom. The Morgan fingerprint density at radius 2 is 2.00 bits per heavy atom. The molecule has 1 aromatic heterocycles. The maximum atomic E-state index is 12.5. The molecule has 8 heteroatoms. The summed E-state index contributed by atoms with van der Waals surface area (Å²) in [4.78, 5) is 34.3. The van der Waals surface area contributed by atoms with E-state index in [-0.39, 0.29) is 46.9 Å². The summed E-state index contributed by atoms with van der Waals surface area (Å²) in [5, 5.41) is 21.7. The largest absolute Gasteiger partial charge is 0.310 e. The third kappa shape index (κ3) is 2.23. The molecule has 1 aromatic carbocycles. The molecule has 1 atom stereocenters. The first kappa shape index (κ1) is 14.2. The van der Waals surface area contributed by atoms with Crippen molar-refractivity contribution in [3.05, 3.63) is 50.9 Å². The third-order valence-electron chi connectivity index (χ3n) is 3.90. The van der Waals surface area contributed by atoms with Crippen LogP contribution in [0, 0.1) is 10.1 Å². The van der Waals surface area contributed by atoms with Gasteiger partial charge in [-0.3, -0.25) is 24.9 Å². The van der Waals surface area contributed by atoms with Gasteiger partial charge in [0.15, 0.2) is 0 Å². The number of hydrogen-bond acceptors (Lipinski definition) is 5. The predicted octanol–water partition coefficient (Wildman–Crippen LogP) is 1.46. The molecule has 8 nitrogen and oxygen atoms in total. The van der Waals surface area contributed by atoms with Gasteiger partial charge in [0.2, 0.25) is 5.91 Å². The minimum atomic E-state index is -0.527. The number of pyridine rings is 1. The number of hydrogen-bond donors (Lipinski definition) is 1. The first-order chi connectivity index (χ1) is 10.5. The highest BCUT2D eigenvalue weighted by Gasteiger charge is 2.27. The van der Waals surface area contributed by atoms with E-state index in [2.05, 4.69) is 0 Å². The van der Waals surface area contributed by atoms with Crippen LogP contribution in [0.15, 0.2) is 35.3 Å². The minimum Gasteiger partial charge on any atom is -0.310 e. The molecule has 114 valence electrons. The number of nitro benzene ring substituents is 1. The molecule has 1 unspecified atom stereocenters. The van der Waals surface area contributed by atoms with Gasteiger partial charge in [-0.2, -0.15) is 0 Å². The van der Waals surface area contributed by atoms with Gasteiger partial charge in [0.1, 0.15) is 0 Å². The van der Waals surface area contributed by atoms with E-state index in [1.165, 1.54) is 35.0 Å². The van der Waals surface area contributed by atoms with Crippen LogP contribution in [-0.4, -0.2) is 32.2 Å². The number of piperidine rings is 1. The molecule has 0 saturated carbocycles. The molecular weight excluding hydrogens is 290 g/mol. The fourth-order valence-electron chi connectivity index (χ4n) is 2.76. The molecule has 1 N–H and O–H groups in total. The first-order valence-corrected chi connectivity index (χ1v) is 6.76. The number of aromatic nitrogens is 1. The monoisotopic (exact) mass is 303 g/mol. The van der Waals surface area contributed by atoms with Crippen molar-refractivity contribution in [2.24, 2.45) is 0 Å². The lowest BCUT2D eigenvalue weighted by molar-refractivity contribution is -0.383. The van der Waals surface area contributed by atoms with Gasteiger partial charge in [-0.05, 0) is 18.6 Å². The van der Waals surface area contributed by atoms with Crippen molar-refractivity contribution in [3.8, 4) is 0 Å². The summed E-state index contributed by atoms with van der Waals surface area (Å²) < 4.78 is 1.42. The number of nitro groups is 1. The number of hydroxylamine groups is 2. The summed E-state index contributed by atoms with van der Waals surface area (Å²) in [6, 6.07) is 5.52. The van der Waals surface area contributed by atoms with Gasteiger partial charge in [0.25, 0.3) is 11.2 Å². The van der Waals surface area contributed by atoms with E-state index in [0.29, 0.717) is 11.5 Å². The SMILES string of the molecule is O=C1CCC(n2ccc3c([N+](=O)[O-])cccc3c2=O)CN1O. The average Bonchev–Trinajstić information content (AvgIpc) is 2.50. The first-order valence-electron chi connectivity index (χ1n) is 6.76. The molecule has 0 spiro atoms. The Hall–Kier alpha value is -2.74. The van der Waals surface area contributed by atoms with Crippen molar-refractivity contribution < 1.29 is 14.9 Å². The predicted molar refractivity (Wildman–Crippen MR) is 76.6 cm³/mol. The van der Waals surface area contributed by atoms with Crippen LogP contribution >= 0.6 is 0 Å². The standard InChI is InChI=1S/C14H13N3O5/c18-13-5-4-9(8-16(13)20)15-7-6-10-11(14(15)19)2-1-3-12(10)17(21)22/h1-3,6-7,9,20H,4-5,8H2. The van der Waals surface area contributed by atoms with Crippen LogP contribution in [0.1, 0.15) is 18.9 Å². The van der Waals surface area contributed by atoms with Crippen LogP contribution in [0.4, 0.5) is 5.69 Å². The average molecular weight is 303 g/mol. The van der Waals surface area contributed by atoms with Gasteiger partial charge >= 0.3 is 0 Å². The fourth-order valence-corrected chi connectivity index (χ4v) is 2.76. The van der Waals surface area contributed by atoms with Crippen LogP contribution < -0.4 is 5.56 Å². The zero-order valence-corrected chi connectivity index (χ0v) is 11.5. The van der Waals surface area contributed by atoms with E-state index in [9.17, 15) is 24.9 Å². The molecule has 1 amide bonds. The Labute approximate surface area is 124 Å². The normalized spacial score (nSPS) is 18.7. The maximum Gasteiger partial charge on any atom is 0.277 e. The fraction of sp³-hybridized carbons (Fsp3) is 0.286. The summed E-state index contributed by atoms with van der Waals surface area (Å²) in [5.41, 5.74) is -0.488. The van der Waals surface area contributed by atoms with E-state index in [1.807, 2.05) is 0 Å². The van der Waals surface area contributed by atoms with Gasteiger partial charge < -0.3 is 4.57 Å². The molecule has 1 fully saturated rings. The molecule has 22 heavy (non-hydrogen) atoms. The molecule has 0 bridgehead atoms. The lowest BCUT2D eigenvalue weighted by atomic mass is 10.1. The van der Waals surface area contributed by atoms with Crippen molar-refractivity contribution in [3.63, 3.8) is 0 Å². The number of fused-ring (bicyclic) bond motifs is 1. The maximum absolute atomic E-state index is 12.5. The van der Waals surface area contributed by atoms with Crippen LogP contribution in [0.3, 0.4) is 0 Å². The summed E-state index contributed by atoms with van der Waals surface area (Å²) in [7, 11) is 0. The van der Waals surface area contributed by atoms with Gasteiger partial charge in [-0.15, -0.1) is 0 Å². The minimum absolute atomic E-state index is 0.0270. The van der Waals surface area contributed by atoms with Crippen LogP contribution in [-0.2, 0) is 4.79 Å². The van der Waals surface area contributed by atoms with Crippen molar-refractivity contribution in [1.29, 1.82) is 0 Å². The van der Waals surface area contributed by atoms with Gasteiger partial charge in [-0.1, -0.05) is 6.07 Å². The van der Waals surface area contributed by atoms with Crippen LogP contribution in [0.5, 0.6) is 0 Å². The highest BCUT2D eigenvalue weighted by molar-refractivity contribution is 5.89. The Kier molecular flexibility index (Phi) is 3.38. The number of amides is 1. The number of non-ortho nitro benzene ring substituents is 1. The summed E-state index contributed by atoms with van der Waals surface area (Å²) in [6.45, 7) is 0.0270. The Morgan fingerprint density at radius 3 is 2.68 bits per heavy atom. The quantitative estimate of drug-likeness (QED) is 0.513. The number of carbonyl (C=O) groups is 1. The number of rotatable bonds is 2. The zero-order valence-electron chi connectivity index (χ0n) is 11.5. The molecule has 2 heterocycles. The summed E-state index contributed by atoms with van der Waals surface area (Å²) in [6.07, 6.45) is 2.07. The van der Waals surface area contributed by atoms with Crippen molar-refractivity contribution >= 4 is 22.4 Å². The Bertz CT molecular complexity index is 829. The van der Waals surface area contributed by atoms with Crippen molar-refractivity contribution in [2.75, 3.05) is 6.54 Å². The number of nitrogens with zero attached hydrogens (tertiary/aromatic N) is 3. The zero-order chi connectivity index (χ0) is 15.9. The number of benzene rings is 1. The summed E-state index contributed by atoms with van der Waals surface area (Å²) >= 11 is 0. The van der Waals surface area contributed by atoms with Crippen molar-refractivity contribution in [1.82, 2.24) is 9.63 Å². The topological polar surface area (TPSA) is 106 Å². The highest BCUT2D eigenvalue weighted by atomic mass is 16.6. The van der Waals surface area contributed by atoms with Crippen LogP contribution in [0.2, 0.25) is 0 Å². The highest BCUT2D eigenvalue weighted by Crippen LogP contribution is 2.25. The molecule has 1 aliphatic heterocycles.